The molecule has 28 heavy (non-hydrogen) atoms. The van der Waals surface area contributed by atoms with Gasteiger partial charge in [-0.2, -0.15) is 14.7 Å². The number of nitro benzene ring substituents is 1. The normalized spacial score (nSPS) is 11.3. The van der Waals surface area contributed by atoms with E-state index in [0.29, 0.717) is 34.2 Å². The second kappa shape index (κ2) is 6.88. The minimum Gasteiger partial charge on any atom is -0.382 e. The Kier molecular flexibility index (Phi) is 4.24. The van der Waals surface area contributed by atoms with E-state index in [2.05, 4.69) is 20.3 Å². The first-order chi connectivity index (χ1) is 13.5. The molecule has 0 amide bonds. The lowest BCUT2D eigenvalue weighted by Gasteiger charge is -2.05. The average Bonchev–Trinajstić information content (AvgIpc) is 3.13. The summed E-state index contributed by atoms with van der Waals surface area (Å²) in [5.41, 5.74) is 9.92. The molecule has 2 aromatic heterocycles. The molecule has 0 unspecified atom stereocenters. The Bertz CT molecular complexity index is 1200. The second-order valence-electron chi connectivity index (χ2n) is 6.07. The first-order valence-electron chi connectivity index (χ1n) is 8.40. The van der Waals surface area contributed by atoms with Crippen molar-refractivity contribution in [3.8, 4) is 11.3 Å². The molecular weight excluding hydrogens is 358 g/mol. The number of aryl methyl sites for hydroxylation is 1. The van der Waals surface area contributed by atoms with Crippen LogP contribution in [0.2, 0.25) is 0 Å². The third-order valence-electron chi connectivity index (χ3n) is 4.18. The molecule has 0 aliphatic carbocycles. The SMILES string of the molecule is Cc1nc2cc(-c3ccc([N+](=O)[O-])cc3)nn2c(N)c1N=Nc1ccccc1. The standard InChI is InChI=1S/C19H15N7O2/c1-12-18(23-22-14-5-3-2-4-6-14)19(20)25-17(21-12)11-16(24-25)13-7-9-15(10-8-13)26(27)28/h2-11H,20H2,1H3. The fraction of sp³-hybridized carbons (Fsp3) is 0.0526. The quantitative estimate of drug-likeness (QED) is 0.318. The number of nitrogens with zero attached hydrogens (tertiary/aromatic N) is 6. The molecule has 138 valence electrons. The summed E-state index contributed by atoms with van der Waals surface area (Å²) in [6, 6.07) is 17.2. The van der Waals surface area contributed by atoms with Crippen molar-refractivity contribution in [2.24, 2.45) is 10.2 Å². The third-order valence-corrected chi connectivity index (χ3v) is 4.18. The number of rotatable bonds is 4. The largest absolute Gasteiger partial charge is 0.382 e. The molecular formula is C19H15N7O2. The zero-order chi connectivity index (χ0) is 19.7. The number of anilines is 1. The van der Waals surface area contributed by atoms with E-state index in [1.165, 1.54) is 16.6 Å². The van der Waals surface area contributed by atoms with Crippen LogP contribution < -0.4 is 5.73 Å². The molecule has 2 heterocycles. The van der Waals surface area contributed by atoms with Crippen molar-refractivity contribution < 1.29 is 4.92 Å². The maximum Gasteiger partial charge on any atom is 0.269 e. The first-order valence-corrected chi connectivity index (χ1v) is 8.40. The average molecular weight is 373 g/mol. The Morgan fingerprint density at radius 2 is 1.79 bits per heavy atom. The van der Waals surface area contributed by atoms with Crippen LogP contribution in [0.15, 0.2) is 70.9 Å². The summed E-state index contributed by atoms with van der Waals surface area (Å²) in [5.74, 6) is 0.315. The predicted molar refractivity (Wildman–Crippen MR) is 105 cm³/mol. The molecule has 0 atom stereocenters. The Balaban J connectivity index is 1.75. The van der Waals surface area contributed by atoms with Gasteiger partial charge in [0.2, 0.25) is 0 Å². The van der Waals surface area contributed by atoms with Gasteiger partial charge in [0.1, 0.15) is 5.69 Å². The van der Waals surface area contributed by atoms with Crippen LogP contribution in [0.5, 0.6) is 0 Å². The van der Waals surface area contributed by atoms with Gasteiger partial charge in [-0.3, -0.25) is 10.1 Å². The summed E-state index contributed by atoms with van der Waals surface area (Å²) in [6.45, 7) is 1.80. The molecule has 0 saturated carbocycles. The Hall–Kier alpha value is -4.14. The molecule has 0 bridgehead atoms. The number of non-ortho nitro benzene ring substituents is 1. The minimum absolute atomic E-state index is 0.0182. The van der Waals surface area contributed by atoms with Crippen molar-refractivity contribution in [3.05, 3.63) is 76.5 Å². The van der Waals surface area contributed by atoms with Crippen molar-refractivity contribution in [1.82, 2.24) is 14.6 Å². The maximum absolute atomic E-state index is 10.8. The van der Waals surface area contributed by atoms with E-state index in [0.717, 1.165) is 5.56 Å². The van der Waals surface area contributed by atoms with Crippen LogP contribution in [0.1, 0.15) is 5.69 Å². The van der Waals surface area contributed by atoms with Crippen molar-refractivity contribution >= 4 is 28.5 Å². The van der Waals surface area contributed by atoms with Crippen molar-refractivity contribution in [3.63, 3.8) is 0 Å². The van der Waals surface area contributed by atoms with Crippen molar-refractivity contribution in [1.29, 1.82) is 0 Å². The topological polar surface area (TPSA) is 124 Å². The zero-order valence-corrected chi connectivity index (χ0v) is 14.9. The van der Waals surface area contributed by atoms with Gasteiger partial charge in [0.15, 0.2) is 11.5 Å². The van der Waals surface area contributed by atoms with Crippen molar-refractivity contribution in [2.75, 3.05) is 5.73 Å². The number of aromatic nitrogens is 3. The molecule has 2 aromatic carbocycles. The second-order valence-corrected chi connectivity index (χ2v) is 6.07. The van der Waals surface area contributed by atoms with Gasteiger partial charge in [-0.1, -0.05) is 18.2 Å². The van der Waals surface area contributed by atoms with Gasteiger partial charge in [-0.25, -0.2) is 4.98 Å². The molecule has 0 saturated heterocycles. The van der Waals surface area contributed by atoms with E-state index in [1.54, 1.807) is 25.1 Å². The molecule has 0 fully saturated rings. The fourth-order valence-electron chi connectivity index (χ4n) is 2.76. The number of benzene rings is 2. The molecule has 4 rings (SSSR count). The lowest BCUT2D eigenvalue weighted by Crippen LogP contribution is -2.02. The number of fused-ring (bicyclic) bond motifs is 1. The molecule has 2 N–H and O–H groups in total. The Morgan fingerprint density at radius 1 is 1.07 bits per heavy atom. The Morgan fingerprint density at radius 3 is 2.46 bits per heavy atom. The molecule has 9 nitrogen and oxygen atoms in total. The van der Waals surface area contributed by atoms with E-state index >= 15 is 0 Å². The summed E-state index contributed by atoms with van der Waals surface area (Å²) in [6.07, 6.45) is 0. The van der Waals surface area contributed by atoms with Crippen LogP contribution in [0.3, 0.4) is 0 Å². The third kappa shape index (κ3) is 3.16. The maximum atomic E-state index is 10.8. The van der Waals surface area contributed by atoms with E-state index in [4.69, 9.17) is 5.73 Å². The Labute approximate surface area is 159 Å². The number of nitrogen functional groups attached to an aromatic ring is 1. The van der Waals surface area contributed by atoms with Gasteiger partial charge in [0.25, 0.3) is 5.69 Å². The van der Waals surface area contributed by atoms with Gasteiger partial charge in [-0.05, 0) is 31.2 Å². The molecule has 0 radical (unpaired) electrons. The number of azo groups is 1. The minimum atomic E-state index is -0.444. The number of nitrogens with two attached hydrogens (primary N) is 1. The summed E-state index contributed by atoms with van der Waals surface area (Å²) in [7, 11) is 0. The summed E-state index contributed by atoms with van der Waals surface area (Å²) < 4.78 is 1.49. The van der Waals surface area contributed by atoms with Crippen LogP contribution >= 0.6 is 0 Å². The number of hydrogen-bond acceptors (Lipinski definition) is 7. The number of nitro groups is 1. The highest BCUT2D eigenvalue weighted by atomic mass is 16.6. The van der Waals surface area contributed by atoms with Gasteiger partial charge in [0.05, 0.1) is 22.0 Å². The van der Waals surface area contributed by atoms with Crippen LogP contribution in [0, 0.1) is 17.0 Å². The molecule has 0 aliphatic heterocycles. The van der Waals surface area contributed by atoms with E-state index in [1.807, 2.05) is 30.3 Å². The van der Waals surface area contributed by atoms with Crippen LogP contribution in [0.4, 0.5) is 22.9 Å². The lowest BCUT2D eigenvalue weighted by atomic mass is 10.1. The van der Waals surface area contributed by atoms with Gasteiger partial charge in [-0.15, -0.1) is 5.11 Å². The fourth-order valence-corrected chi connectivity index (χ4v) is 2.76. The monoisotopic (exact) mass is 373 g/mol. The smallest absolute Gasteiger partial charge is 0.269 e. The van der Waals surface area contributed by atoms with E-state index in [9.17, 15) is 10.1 Å². The van der Waals surface area contributed by atoms with Gasteiger partial charge >= 0.3 is 0 Å². The predicted octanol–water partition coefficient (Wildman–Crippen LogP) is 4.61. The van der Waals surface area contributed by atoms with Crippen LogP contribution in [-0.2, 0) is 0 Å². The summed E-state index contributed by atoms with van der Waals surface area (Å²) in [4.78, 5) is 14.9. The molecule has 4 aromatic rings. The highest BCUT2D eigenvalue weighted by Crippen LogP contribution is 2.30. The summed E-state index contributed by atoms with van der Waals surface area (Å²) >= 11 is 0. The zero-order valence-electron chi connectivity index (χ0n) is 14.9. The van der Waals surface area contributed by atoms with Crippen molar-refractivity contribution in [2.45, 2.75) is 6.92 Å². The summed E-state index contributed by atoms with van der Waals surface area (Å²) in [5, 5.41) is 23.7. The van der Waals surface area contributed by atoms with Crippen LogP contribution in [-0.4, -0.2) is 19.5 Å². The highest BCUT2D eigenvalue weighted by molar-refractivity contribution is 5.70. The molecule has 9 heteroatoms. The lowest BCUT2D eigenvalue weighted by molar-refractivity contribution is -0.384. The number of hydrogen-bond donors (Lipinski definition) is 1. The van der Waals surface area contributed by atoms with Gasteiger partial charge in [0, 0.05) is 23.8 Å². The first kappa shape index (κ1) is 17.3. The molecule has 0 aliphatic rings. The van der Waals surface area contributed by atoms with Crippen LogP contribution in [0.25, 0.3) is 16.9 Å². The molecule has 0 spiro atoms. The highest BCUT2D eigenvalue weighted by Gasteiger charge is 2.14. The van der Waals surface area contributed by atoms with Gasteiger partial charge < -0.3 is 5.73 Å². The van der Waals surface area contributed by atoms with E-state index in [-0.39, 0.29) is 5.69 Å². The van der Waals surface area contributed by atoms with E-state index < -0.39 is 4.92 Å².